The summed E-state index contributed by atoms with van der Waals surface area (Å²) in [7, 11) is 1.53. The van der Waals surface area contributed by atoms with Gasteiger partial charge in [0.2, 0.25) is 0 Å². The molecule has 10 heteroatoms. The van der Waals surface area contributed by atoms with Gasteiger partial charge in [-0.1, -0.05) is 29.5 Å². The van der Waals surface area contributed by atoms with Gasteiger partial charge >= 0.3 is 5.91 Å². The lowest BCUT2D eigenvalue weighted by Gasteiger charge is -2.23. The maximum Gasteiger partial charge on any atom is 0.301 e. The lowest BCUT2D eigenvalue weighted by atomic mass is 9.96. The first kappa shape index (κ1) is 27.5. The molecule has 0 bridgehead atoms. The standard InChI is InChI=1S/C32H30N4O5S/c1-7-41-21-11-10-20(15-22(21)40-6)27-24(28(37)26-19(5)35-12-8-9-17(3)30(35)33-26)29(38)31(39)36(27)32-34-25-18(4)13-16(2)14-23(25)42-32/h8-15,27,37H,7H2,1-6H3. The van der Waals surface area contributed by atoms with Crippen molar-refractivity contribution in [3.8, 4) is 11.5 Å². The van der Waals surface area contributed by atoms with Crippen molar-refractivity contribution >= 4 is 49.8 Å². The predicted molar refractivity (Wildman–Crippen MR) is 163 cm³/mol. The normalized spacial score (nSPS) is 16.6. The van der Waals surface area contributed by atoms with Gasteiger partial charge in [0.15, 0.2) is 22.4 Å². The second kappa shape index (κ2) is 10.3. The highest BCUT2D eigenvalue weighted by Gasteiger charge is 2.49. The molecule has 0 spiro atoms. The number of carbonyl (C=O) groups is 2. The number of carbonyl (C=O) groups excluding carboxylic acids is 2. The van der Waals surface area contributed by atoms with Gasteiger partial charge in [0.05, 0.1) is 41.2 Å². The Morgan fingerprint density at radius 1 is 1.02 bits per heavy atom. The number of nitrogens with zero attached hydrogens (tertiary/aromatic N) is 4. The monoisotopic (exact) mass is 582 g/mol. The van der Waals surface area contributed by atoms with Crippen molar-refractivity contribution in [3.05, 3.63) is 87.9 Å². The van der Waals surface area contributed by atoms with Crippen LogP contribution in [0.15, 0.2) is 54.2 Å². The van der Waals surface area contributed by atoms with Crippen LogP contribution in [0.3, 0.4) is 0 Å². The molecule has 1 aliphatic heterocycles. The van der Waals surface area contributed by atoms with Crippen LogP contribution < -0.4 is 14.4 Å². The number of aliphatic hydroxyl groups excluding tert-OH is 1. The molecule has 42 heavy (non-hydrogen) atoms. The summed E-state index contributed by atoms with van der Waals surface area (Å²) in [5, 5.41) is 12.2. The molecule has 4 heterocycles. The van der Waals surface area contributed by atoms with E-state index in [1.54, 1.807) is 18.2 Å². The van der Waals surface area contributed by atoms with Crippen LogP contribution in [0, 0.1) is 27.7 Å². The number of anilines is 1. The first-order valence-electron chi connectivity index (χ1n) is 13.6. The zero-order chi connectivity index (χ0) is 29.9. The first-order chi connectivity index (χ1) is 20.1. The maximum atomic E-state index is 13.8. The minimum Gasteiger partial charge on any atom is -0.505 e. The molecule has 1 saturated heterocycles. The second-order valence-corrected chi connectivity index (χ2v) is 11.4. The van der Waals surface area contributed by atoms with E-state index in [1.165, 1.54) is 23.3 Å². The van der Waals surface area contributed by atoms with Crippen LogP contribution in [0.1, 0.15) is 46.6 Å². The van der Waals surface area contributed by atoms with Gasteiger partial charge in [0.1, 0.15) is 11.3 Å². The average molecular weight is 583 g/mol. The molecule has 1 unspecified atom stereocenters. The number of methoxy groups -OCH3 is 1. The second-order valence-electron chi connectivity index (χ2n) is 10.4. The van der Waals surface area contributed by atoms with Gasteiger partial charge in [-0.25, -0.2) is 9.97 Å². The lowest BCUT2D eigenvalue weighted by Crippen LogP contribution is -2.29. The molecule has 9 nitrogen and oxygen atoms in total. The van der Waals surface area contributed by atoms with E-state index in [4.69, 9.17) is 14.5 Å². The topological polar surface area (TPSA) is 106 Å². The first-order valence-corrected chi connectivity index (χ1v) is 14.4. The number of ketones is 1. The van der Waals surface area contributed by atoms with Crippen molar-refractivity contribution < 1.29 is 24.2 Å². The third-order valence-electron chi connectivity index (χ3n) is 7.58. The molecule has 1 atom stereocenters. The summed E-state index contributed by atoms with van der Waals surface area (Å²) in [6.07, 6.45) is 1.85. The smallest absolute Gasteiger partial charge is 0.301 e. The van der Waals surface area contributed by atoms with Crippen LogP contribution in [0.25, 0.3) is 21.6 Å². The summed E-state index contributed by atoms with van der Waals surface area (Å²) < 4.78 is 14.1. The quantitative estimate of drug-likeness (QED) is 0.144. The van der Waals surface area contributed by atoms with E-state index in [1.807, 2.05) is 69.5 Å². The summed E-state index contributed by atoms with van der Waals surface area (Å²) >= 11 is 1.33. The zero-order valence-electron chi connectivity index (χ0n) is 24.2. The van der Waals surface area contributed by atoms with E-state index >= 15 is 0 Å². The highest BCUT2D eigenvalue weighted by atomic mass is 32.1. The molecule has 214 valence electrons. The molecule has 0 radical (unpaired) electrons. The number of aryl methyl sites for hydroxylation is 4. The molecule has 1 aliphatic rings. The zero-order valence-corrected chi connectivity index (χ0v) is 25.0. The van der Waals surface area contributed by atoms with E-state index in [-0.39, 0.29) is 17.0 Å². The Balaban J connectivity index is 1.61. The summed E-state index contributed by atoms with van der Waals surface area (Å²) in [6.45, 7) is 10.0. The van der Waals surface area contributed by atoms with Crippen LogP contribution >= 0.6 is 11.3 Å². The summed E-state index contributed by atoms with van der Waals surface area (Å²) in [5.74, 6) is -0.970. The van der Waals surface area contributed by atoms with E-state index in [0.717, 1.165) is 26.9 Å². The Kier molecular flexibility index (Phi) is 6.73. The van der Waals surface area contributed by atoms with Crippen molar-refractivity contribution in [2.24, 2.45) is 0 Å². The molecule has 3 aromatic heterocycles. The Bertz CT molecular complexity index is 1950. The molecular formula is C32H30N4O5S. The minimum absolute atomic E-state index is 0.0671. The number of aliphatic hydroxyl groups is 1. The minimum atomic E-state index is -0.984. The molecule has 2 aromatic carbocycles. The van der Waals surface area contributed by atoms with Crippen molar-refractivity contribution in [2.75, 3.05) is 18.6 Å². The highest BCUT2D eigenvalue weighted by Crippen LogP contribution is 2.46. The number of fused-ring (bicyclic) bond motifs is 2. The highest BCUT2D eigenvalue weighted by molar-refractivity contribution is 7.22. The summed E-state index contributed by atoms with van der Waals surface area (Å²) in [4.78, 5) is 38.5. The van der Waals surface area contributed by atoms with Gasteiger partial charge in [0, 0.05) is 6.20 Å². The number of pyridine rings is 1. The van der Waals surface area contributed by atoms with Crippen LogP contribution in [-0.2, 0) is 9.59 Å². The third kappa shape index (κ3) is 4.21. The van der Waals surface area contributed by atoms with E-state index < -0.39 is 17.7 Å². The molecule has 5 aromatic rings. The van der Waals surface area contributed by atoms with E-state index in [2.05, 4.69) is 4.98 Å². The molecule has 1 N–H and O–H groups in total. The van der Waals surface area contributed by atoms with Gasteiger partial charge in [-0.15, -0.1) is 0 Å². The fourth-order valence-electron chi connectivity index (χ4n) is 5.61. The van der Waals surface area contributed by atoms with Gasteiger partial charge in [0.25, 0.3) is 5.78 Å². The number of thiazole rings is 1. The lowest BCUT2D eigenvalue weighted by molar-refractivity contribution is -0.132. The molecular weight excluding hydrogens is 552 g/mol. The number of benzene rings is 2. The number of imidazole rings is 1. The molecule has 0 aliphatic carbocycles. The van der Waals surface area contributed by atoms with E-state index in [0.29, 0.717) is 40.1 Å². The van der Waals surface area contributed by atoms with Crippen LogP contribution in [0.5, 0.6) is 11.5 Å². The summed E-state index contributed by atoms with van der Waals surface area (Å²) in [5.41, 5.74) is 5.74. The maximum absolute atomic E-state index is 13.8. The number of amides is 1. The Morgan fingerprint density at radius 2 is 1.81 bits per heavy atom. The fourth-order valence-corrected chi connectivity index (χ4v) is 6.78. The van der Waals surface area contributed by atoms with Gasteiger partial charge in [-0.3, -0.25) is 14.5 Å². The Labute approximate surface area is 246 Å². The van der Waals surface area contributed by atoms with E-state index in [9.17, 15) is 14.7 Å². The van der Waals surface area contributed by atoms with Crippen molar-refractivity contribution in [3.63, 3.8) is 0 Å². The average Bonchev–Trinajstić information content (AvgIpc) is 3.61. The molecule has 6 rings (SSSR count). The largest absolute Gasteiger partial charge is 0.505 e. The number of hydrogen-bond donors (Lipinski definition) is 1. The summed E-state index contributed by atoms with van der Waals surface area (Å²) in [6, 6.07) is 12.1. The van der Waals surface area contributed by atoms with Gasteiger partial charge in [-0.2, -0.15) is 0 Å². The third-order valence-corrected chi connectivity index (χ3v) is 8.58. The number of ether oxygens (including phenoxy) is 2. The SMILES string of the molecule is CCOc1ccc(C2C(=C(O)c3nc4c(C)cccn4c3C)C(=O)C(=O)N2c2nc3c(C)cc(C)cc3s2)cc1OC. The number of aromatic nitrogens is 3. The van der Waals surface area contributed by atoms with Crippen LogP contribution in [-0.4, -0.2) is 44.9 Å². The van der Waals surface area contributed by atoms with Crippen molar-refractivity contribution in [1.29, 1.82) is 0 Å². The van der Waals surface area contributed by atoms with Crippen molar-refractivity contribution in [2.45, 2.75) is 40.7 Å². The van der Waals surface area contributed by atoms with Crippen LogP contribution in [0.2, 0.25) is 0 Å². The molecule has 1 amide bonds. The van der Waals surface area contributed by atoms with Gasteiger partial charge in [-0.05, 0) is 81.1 Å². The Hall–Kier alpha value is -4.70. The number of hydrogen-bond acceptors (Lipinski definition) is 8. The predicted octanol–water partition coefficient (Wildman–Crippen LogP) is 6.21. The molecule has 0 saturated carbocycles. The van der Waals surface area contributed by atoms with Gasteiger partial charge < -0.3 is 19.0 Å². The van der Waals surface area contributed by atoms with Crippen molar-refractivity contribution in [1.82, 2.24) is 14.4 Å². The number of Topliss-reactive ketones (excluding diaryl/α,β-unsaturated/α-hetero) is 1. The number of rotatable bonds is 6. The fraction of sp³-hybridized carbons (Fsp3) is 0.250. The molecule has 1 fully saturated rings. The Morgan fingerprint density at radius 3 is 2.52 bits per heavy atom. The van der Waals surface area contributed by atoms with Crippen LogP contribution in [0.4, 0.5) is 5.13 Å².